The van der Waals surface area contributed by atoms with Crippen LogP contribution >= 0.6 is 0 Å². The molecule has 1 saturated heterocycles. The van der Waals surface area contributed by atoms with Crippen molar-refractivity contribution in [3.63, 3.8) is 0 Å². The van der Waals surface area contributed by atoms with E-state index in [2.05, 4.69) is 30.0 Å². The van der Waals surface area contributed by atoms with E-state index in [0.717, 1.165) is 48.8 Å². The van der Waals surface area contributed by atoms with Crippen molar-refractivity contribution in [1.29, 1.82) is 0 Å². The van der Waals surface area contributed by atoms with Crippen molar-refractivity contribution >= 4 is 5.91 Å². The average molecular weight is 370 g/mol. The van der Waals surface area contributed by atoms with Gasteiger partial charge in [-0.2, -0.15) is 5.10 Å². The smallest absolute Gasteiger partial charge is 0.227 e. The Kier molecular flexibility index (Phi) is 5.36. The Bertz CT molecular complexity index is 818. The monoisotopic (exact) mass is 369 g/mol. The number of amides is 1. The van der Waals surface area contributed by atoms with Crippen LogP contribution in [0.1, 0.15) is 70.9 Å². The molecule has 1 aliphatic rings. The molecule has 0 aliphatic carbocycles. The summed E-state index contributed by atoms with van der Waals surface area (Å²) in [6, 6.07) is 4.35. The van der Waals surface area contributed by atoms with Gasteiger partial charge in [0.05, 0.1) is 11.4 Å². The number of likely N-dealkylation sites (tertiary alicyclic amines) is 1. The number of hydrogen-bond acceptors (Lipinski definition) is 4. The topological polar surface area (TPSA) is 63.9 Å². The molecule has 3 rings (SSSR count). The van der Waals surface area contributed by atoms with E-state index in [9.17, 15) is 4.79 Å². The largest absolute Gasteiger partial charge is 0.342 e. The number of rotatable bonds is 3. The van der Waals surface area contributed by atoms with Crippen molar-refractivity contribution < 1.29 is 4.79 Å². The highest BCUT2D eigenvalue weighted by atomic mass is 16.2. The first-order valence-electron chi connectivity index (χ1n) is 9.85. The van der Waals surface area contributed by atoms with Gasteiger partial charge >= 0.3 is 0 Å². The number of hydrogen-bond donors (Lipinski definition) is 0. The minimum atomic E-state index is -0.349. The standard InChI is InChI=1S/C21H31N5O/c1-14(2)26-19(9-10-22-26)18-12-17(23-15(3)24-18)16-8-7-11-25(13-16)20(27)21(4,5)6/h9-10,12,14,16H,7-8,11,13H2,1-6H3/t16-/m1/s1. The summed E-state index contributed by atoms with van der Waals surface area (Å²) in [6.07, 6.45) is 3.87. The van der Waals surface area contributed by atoms with E-state index in [-0.39, 0.29) is 23.3 Å². The average Bonchev–Trinajstić information content (AvgIpc) is 3.10. The normalized spacial score (nSPS) is 18.2. The van der Waals surface area contributed by atoms with Crippen LogP contribution in [0.2, 0.25) is 0 Å². The van der Waals surface area contributed by atoms with Gasteiger partial charge in [0, 0.05) is 42.4 Å². The van der Waals surface area contributed by atoms with Crippen LogP contribution in [-0.4, -0.2) is 43.6 Å². The summed E-state index contributed by atoms with van der Waals surface area (Å²) in [7, 11) is 0. The first kappa shape index (κ1) is 19.5. The van der Waals surface area contributed by atoms with E-state index in [4.69, 9.17) is 4.98 Å². The van der Waals surface area contributed by atoms with Crippen LogP contribution < -0.4 is 0 Å². The molecule has 146 valence electrons. The highest BCUT2D eigenvalue weighted by Gasteiger charge is 2.32. The zero-order valence-corrected chi connectivity index (χ0v) is 17.4. The number of carbonyl (C=O) groups is 1. The third kappa shape index (κ3) is 4.20. The Balaban J connectivity index is 1.90. The third-order valence-corrected chi connectivity index (χ3v) is 5.05. The fourth-order valence-electron chi connectivity index (χ4n) is 3.74. The summed E-state index contributed by atoms with van der Waals surface area (Å²) in [4.78, 5) is 24.1. The SMILES string of the molecule is Cc1nc(-c2ccnn2C(C)C)cc([C@@H]2CCCN(C(=O)C(C)(C)C)C2)n1. The maximum absolute atomic E-state index is 12.7. The van der Waals surface area contributed by atoms with Crippen molar-refractivity contribution in [3.8, 4) is 11.4 Å². The predicted molar refractivity (Wildman–Crippen MR) is 106 cm³/mol. The minimum absolute atomic E-state index is 0.219. The van der Waals surface area contributed by atoms with Gasteiger partial charge in [0.2, 0.25) is 5.91 Å². The van der Waals surface area contributed by atoms with Crippen molar-refractivity contribution in [2.75, 3.05) is 13.1 Å². The summed E-state index contributed by atoms with van der Waals surface area (Å²) in [5, 5.41) is 4.43. The van der Waals surface area contributed by atoms with E-state index in [0.29, 0.717) is 0 Å². The molecule has 2 aromatic rings. The molecule has 3 heterocycles. The molecule has 1 aliphatic heterocycles. The maximum Gasteiger partial charge on any atom is 0.227 e. The third-order valence-electron chi connectivity index (χ3n) is 5.05. The number of aryl methyl sites for hydroxylation is 1. The summed E-state index contributed by atoms with van der Waals surface area (Å²) < 4.78 is 1.99. The molecule has 2 aromatic heterocycles. The van der Waals surface area contributed by atoms with Gasteiger partial charge in [-0.3, -0.25) is 9.48 Å². The van der Waals surface area contributed by atoms with Crippen LogP contribution in [-0.2, 0) is 4.79 Å². The van der Waals surface area contributed by atoms with Gasteiger partial charge in [0.15, 0.2) is 0 Å². The molecule has 27 heavy (non-hydrogen) atoms. The lowest BCUT2D eigenvalue weighted by molar-refractivity contribution is -0.140. The van der Waals surface area contributed by atoms with Crippen molar-refractivity contribution in [3.05, 3.63) is 29.8 Å². The molecule has 1 atom stereocenters. The zero-order chi connectivity index (χ0) is 19.8. The Morgan fingerprint density at radius 3 is 2.67 bits per heavy atom. The molecule has 6 heteroatoms. The van der Waals surface area contributed by atoms with Crippen LogP contribution in [0.4, 0.5) is 0 Å². The maximum atomic E-state index is 12.7. The van der Waals surface area contributed by atoms with Gasteiger partial charge < -0.3 is 4.90 Å². The number of nitrogens with zero attached hydrogens (tertiary/aromatic N) is 5. The number of piperidine rings is 1. The summed E-state index contributed by atoms with van der Waals surface area (Å²) >= 11 is 0. The van der Waals surface area contributed by atoms with Gasteiger partial charge in [-0.15, -0.1) is 0 Å². The highest BCUT2D eigenvalue weighted by Crippen LogP contribution is 2.31. The Morgan fingerprint density at radius 2 is 2.00 bits per heavy atom. The van der Waals surface area contributed by atoms with Crippen molar-refractivity contribution in [2.45, 2.75) is 66.3 Å². The van der Waals surface area contributed by atoms with Crippen LogP contribution in [0.3, 0.4) is 0 Å². The molecule has 0 saturated carbocycles. The predicted octanol–water partition coefficient (Wildman–Crippen LogP) is 3.98. The second kappa shape index (κ2) is 7.41. The van der Waals surface area contributed by atoms with Gasteiger partial charge in [-0.25, -0.2) is 9.97 Å². The number of aromatic nitrogens is 4. The molecule has 0 unspecified atom stereocenters. The van der Waals surface area contributed by atoms with Gasteiger partial charge in [0.25, 0.3) is 0 Å². The second-order valence-corrected chi connectivity index (χ2v) is 8.82. The molecular weight excluding hydrogens is 338 g/mol. The molecular formula is C21H31N5O. The van der Waals surface area contributed by atoms with Gasteiger partial charge in [-0.05, 0) is 45.7 Å². The summed E-state index contributed by atoms with van der Waals surface area (Å²) in [6.45, 7) is 13.7. The molecule has 1 fully saturated rings. The Labute approximate surface area is 162 Å². The molecule has 0 aromatic carbocycles. The van der Waals surface area contributed by atoms with Gasteiger partial charge in [0.1, 0.15) is 5.82 Å². The molecule has 0 spiro atoms. The van der Waals surface area contributed by atoms with E-state index in [1.54, 1.807) is 0 Å². The van der Waals surface area contributed by atoms with E-state index < -0.39 is 0 Å². The fourth-order valence-corrected chi connectivity index (χ4v) is 3.74. The fraction of sp³-hybridized carbons (Fsp3) is 0.619. The van der Waals surface area contributed by atoms with Crippen molar-refractivity contribution in [2.24, 2.45) is 5.41 Å². The Hall–Kier alpha value is -2.24. The molecule has 0 N–H and O–H groups in total. The lowest BCUT2D eigenvalue weighted by Gasteiger charge is -2.36. The molecule has 0 radical (unpaired) electrons. The minimum Gasteiger partial charge on any atom is -0.342 e. The van der Waals surface area contributed by atoms with Gasteiger partial charge in [-0.1, -0.05) is 20.8 Å². The summed E-state index contributed by atoms with van der Waals surface area (Å²) in [5.74, 6) is 1.23. The van der Waals surface area contributed by atoms with Crippen LogP contribution in [0.5, 0.6) is 0 Å². The van der Waals surface area contributed by atoms with E-state index >= 15 is 0 Å². The van der Waals surface area contributed by atoms with E-state index in [1.807, 2.05) is 49.5 Å². The first-order chi connectivity index (χ1) is 12.7. The quantitative estimate of drug-likeness (QED) is 0.821. The zero-order valence-electron chi connectivity index (χ0n) is 17.4. The first-order valence-corrected chi connectivity index (χ1v) is 9.85. The van der Waals surface area contributed by atoms with Crippen molar-refractivity contribution in [1.82, 2.24) is 24.6 Å². The lowest BCUT2D eigenvalue weighted by atomic mass is 9.89. The van der Waals surface area contributed by atoms with Crippen LogP contribution in [0.15, 0.2) is 18.3 Å². The molecule has 0 bridgehead atoms. The Morgan fingerprint density at radius 1 is 1.26 bits per heavy atom. The van der Waals surface area contributed by atoms with Crippen LogP contribution in [0.25, 0.3) is 11.4 Å². The lowest BCUT2D eigenvalue weighted by Crippen LogP contribution is -2.44. The molecule has 6 nitrogen and oxygen atoms in total. The second-order valence-electron chi connectivity index (χ2n) is 8.82. The molecule has 1 amide bonds. The number of carbonyl (C=O) groups excluding carboxylic acids is 1. The summed E-state index contributed by atoms with van der Waals surface area (Å²) in [5.41, 5.74) is 2.59. The van der Waals surface area contributed by atoms with Crippen LogP contribution in [0, 0.1) is 12.3 Å². The highest BCUT2D eigenvalue weighted by molar-refractivity contribution is 5.81. The van der Waals surface area contributed by atoms with E-state index in [1.165, 1.54) is 0 Å².